The van der Waals surface area contributed by atoms with Crippen molar-refractivity contribution >= 4 is 23.0 Å². The highest BCUT2D eigenvalue weighted by Gasteiger charge is 2.53. The van der Waals surface area contributed by atoms with E-state index in [0.717, 1.165) is 44.5 Å². The second kappa shape index (κ2) is 7.29. The fourth-order valence-corrected chi connectivity index (χ4v) is 5.43. The van der Waals surface area contributed by atoms with Gasteiger partial charge in [-0.2, -0.15) is 5.26 Å². The molecule has 1 spiro atoms. The van der Waals surface area contributed by atoms with E-state index in [9.17, 15) is 10.1 Å². The number of nitriles is 1. The molecule has 0 fully saturated rings. The van der Waals surface area contributed by atoms with Gasteiger partial charge in [0.15, 0.2) is 5.78 Å². The molecule has 2 aliphatic carbocycles. The van der Waals surface area contributed by atoms with Crippen LogP contribution in [-0.2, 0) is 10.2 Å². The largest absolute Gasteiger partial charge is 0.293 e. The summed E-state index contributed by atoms with van der Waals surface area (Å²) in [5.41, 5.74) is 7.68. The smallest absolute Gasteiger partial charge is 0.175 e. The maximum atomic E-state index is 14.1. The van der Waals surface area contributed by atoms with Gasteiger partial charge >= 0.3 is 0 Å². The van der Waals surface area contributed by atoms with Gasteiger partial charge in [0.1, 0.15) is 5.41 Å². The zero-order chi connectivity index (χ0) is 22.4. The number of carbonyl (C=O) groups is 1. The highest BCUT2D eigenvalue weighted by Crippen LogP contribution is 2.58. The van der Waals surface area contributed by atoms with Gasteiger partial charge in [-0.15, -0.1) is 0 Å². The predicted molar refractivity (Wildman–Crippen MR) is 131 cm³/mol. The quantitative estimate of drug-likeness (QED) is 0.375. The topological polar surface area (TPSA) is 40.9 Å². The van der Waals surface area contributed by atoms with Crippen molar-refractivity contribution in [3.8, 4) is 6.07 Å². The number of hydrogen-bond acceptors (Lipinski definition) is 2. The second-order valence-corrected chi connectivity index (χ2v) is 8.39. The van der Waals surface area contributed by atoms with Crippen molar-refractivity contribution < 1.29 is 4.79 Å². The van der Waals surface area contributed by atoms with Crippen molar-refractivity contribution in [3.05, 3.63) is 148 Å². The first-order valence-corrected chi connectivity index (χ1v) is 11.0. The SMILES string of the molecule is N#Cc1ccc2c(c1)C=CC(=O)C21C(c2ccccc2)=C(c2ccccc2)c2ccccc21. The Balaban J connectivity index is 1.81. The van der Waals surface area contributed by atoms with Crippen molar-refractivity contribution in [1.82, 2.24) is 0 Å². The summed E-state index contributed by atoms with van der Waals surface area (Å²) >= 11 is 0. The number of allylic oxidation sites excluding steroid dienone is 2. The second-order valence-electron chi connectivity index (χ2n) is 8.39. The summed E-state index contributed by atoms with van der Waals surface area (Å²) in [7, 11) is 0. The standard InChI is InChI=1S/C31H19NO/c32-20-21-15-17-26-24(19-21)16-18-28(33)31(26)27-14-8-7-13-25(27)29(22-9-3-1-4-10-22)30(31)23-11-5-2-6-12-23/h1-19H. The fraction of sp³-hybridized carbons (Fsp3) is 0.0323. The van der Waals surface area contributed by atoms with Gasteiger partial charge in [0, 0.05) is 0 Å². The monoisotopic (exact) mass is 421 g/mol. The number of fused-ring (bicyclic) bond motifs is 4. The van der Waals surface area contributed by atoms with Gasteiger partial charge in [0.25, 0.3) is 0 Å². The van der Waals surface area contributed by atoms with E-state index >= 15 is 0 Å². The van der Waals surface area contributed by atoms with Crippen LogP contribution in [0.5, 0.6) is 0 Å². The van der Waals surface area contributed by atoms with Crippen LogP contribution in [0.15, 0.2) is 109 Å². The lowest BCUT2D eigenvalue weighted by Gasteiger charge is -2.36. The van der Waals surface area contributed by atoms with E-state index in [4.69, 9.17) is 0 Å². The molecule has 0 radical (unpaired) electrons. The lowest BCUT2D eigenvalue weighted by atomic mass is 9.63. The summed E-state index contributed by atoms with van der Waals surface area (Å²) in [6.07, 6.45) is 3.52. The van der Waals surface area contributed by atoms with Gasteiger partial charge in [0.05, 0.1) is 11.6 Å². The normalized spacial score (nSPS) is 18.2. The van der Waals surface area contributed by atoms with Crippen LogP contribution < -0.4 is 0 Å². The Morgan fingerprint density at radius 3 is 2.06 bits per heavy atom. The van der Waals surface area contributed by atoms with Gasteiger partial charge in [0.2, 0.25) is 0 Å². The Kier molecular flexibility index (Phi) is 4.25. The number of carbonyl (C=O) groups excluding carboxylic acids is 1. The molecule has 2 nitrogen and oxygen atoms in total. The molecule has 0 heterocycles. The van der Waals surface area contributed by atoms with Crippen molar-refractivity contribution in [1.29, 1.82) is 5.26 Å². The molecule has 33 heavy (non-hydrogen) atoms. The molecular formula is C31H19NO. The molecule has 4 aromatic carbocycles. The van der Waals surface area contributed by atoms with E-state index in [1.165, 1.54) is 0 Å². The zero-order valence-corrected chi connectivity index (χ0v) is 17.8. The predicted octanol–water partition coefficient (Wildman–Crippen LogP) is 6.41. The first-order chi connectivity index (χ1) is 16.2. The number of nitrogens with zero attached hydrogens (tertiary/aromatic N) is 1. The third kappa shape index (κ3) is 2.63. The number of ketones is 1. The van der Waals surface area contributed by atoms with Crippen LogP contribution in [0.25, 0.3) is 17.2 Å². The van der Waals surface area contributed by atoms with Crippen molar-refractivity contribution in [3.63, 3.8) is 0 Å². The van der Waals surface area contributed by atoms with Crippen LogP contribution in [0.1, 0.15) is 38.9 Å². The van der Waals surface area contributed by atoms with Crippen LogP contribution in [0.3, 0.4) is 0 Å². The van der Waals surface area contributed by atoms with E-state index in [2.05, 4.69) is 42.5 Å². The molecule has 0 N–H and O–H groups in total. The fourth-order valence-electron chi connectivity index (χ4n) is 5.43. The zero-order valence-electron chi connectivity index (χ0n) is 17.8. The highest BCUT2D eigenvalue weighted by atomic mass is 16.1. The van der Waals surface area contributed by atoms with Gasteiger partial charge in [-0.05, 0) is 62.7 Å². The molecule has 4 aromatic rings. The van der Waals surface area contributed by atoms with Gasteiger partial charge in [-0.3, -0.25) is 4.79 Å². The molecule has 0 saturated heterocycles. The first kappa shape index (κ1) is 19.2. The molecule has 1 atom stereocenters. The summed E-state index contributed by atoms with van der Waals surface area (Å²) < 4.78 is 0. The highest BCUT2D eigenvalue weighted by molar-refractivity contribution is 6.24. The molecule has 0 saturated carbocycles. The molecule has 2 aliphatic rings. The van der Waals surface area contributed by atoms with Crippen LogP contribution in [-0.4, -0.2) is 5.78 Å². The minimum Gasteiger partial charge on any atom is -0.293 e. The Morgan fingerprint density at radius 2 is 1.33 bits per heavy atom. The summed E-state index contributed by atoms with van der Waals surface area (Å²) in [5, 5.41) is 9.48. The summed E-state index contributed by atoms with van der Waals surface area (Å²) in [4.78, 5) is 14.1. The number of hydrogen-bond donors (Lipinski definition) is 0. The van der Waals surface area contributed by atoms with Crippen molar-refractivity contribution in [2.24, 2.45) is 0 Å². The molecule has 0 amide bonds. The maximum Gasteiger partial charge on any atom is 0.175 e. The first-order valence-electron chi connectivity index (χ1n) is 11.0. The van der Waals surface area contributed by atoms with Crippen molar-refractivity contribution in [2.45, 2.75) is 5.41 Å². The summed E-state index contributed by atoms with van der Waals surface area (Å²) in [5.74, 6) is 0.0388. The van der Waals surface area contributed by atoms with E-state index in [1.807, 2.05) is 72.8 Å². The average Bonchev–Trinajstić information content (AvgIpc) is 3.19. The molecular weight excluding hydrogens is 402 g/mol. The Morgan fingerprint density at radius 1 is 0.667 bits per heavy atom. The Hall–Kier alpha value is -4.48. The Bertz CT molecular complexity index is 1520. The van der Waals surface area contributed by atoms with E-state index < -0.39 is 5.41 Å². The van der Waals surface area contributed by atoms with E-state index in [-0.39, 0.29) is 5.78 Å². The molecule has 0 aromatic heterocycles. The lowest BCUT2D eigenvalue weighted by Crippen LogP contribution is -2.38. The van der Waals surface area contributed by atoms with E-state index in [0.29, 0.717) is 5.56 Å². The van der Waals surface area contributed by atoms with Gasteiger partial charge in [-0.25, -0.2) is 0 Å². The molecule has 0 aliphatic heterocycles. The van der Waals surface area contributed by atoms with Gasteiger partial charge < -0.3 is 0 Å². The Labute approximate surface area is 192 Å². The van der Waals surface area contributed by atoms with Crippen LogP contribution in [0.2, 0.25) is 0 Å². The van der Waals surface area contributed by atoms with Crippen LogP contribution in [0.4, 0.5) is 0 Å². The minimum absolute atomic E-state index is 0.0388. The summed E-state index contributed by atoms with van der Waals surface area (Å²) in [6.45, 7) is 0. The molecule has 154 valence electrons. The third-order valence-corrected chi connectivity index (χ3v) is 6.72. The minimum atomic E-state index is -0.971. The van der Waals surface area contributed by atoms with Gasteiger partial charge in [-0.1, -0.05) is 97.1 Å². The van der Waals surface area contributed by atoms with Crippen molar-refractivity contribution in [2.75, 3.05) is 0 Å². The van der Waals surface area contributed by atoms with Crippen LogP contribution in [0, 0.1) is 11.3 Å². The molecule has 2 heteroatoms. The third-order valence-electron chi connectivity index (χ3n) is 6.72. The lowest BCUT2D eigenvalue weighted by molar-refractivity contribution is -0.116. The molecule has 6 rings (SSSR count). The van der Waals surface area contributed by atoms with Crippen LogP contribution >= 0.6 is 0 Å². The number of rotatable bonds is 2. The summed E-state index contributed by atoms with van der Waals surface area (Å²) in [6, 6.07) is 36.6. The average molecular weight is 421 g/mol. The molecule has 1 unspecified atom stereocenters. The maximum absolute atomic E-state index is 14.1. The van der Waals surface area contributed by atoms with E-state index in [1.54, 1.807) is 6.08 Å². The molecule has 0 bridgehead atoms. The number of benzene rings is 4.